The number of para-hydroxylation sites is 5. The summed E-state index contributed by atoms with van der Waals surface area (Å²) in [5, 5.41) is 1.20. The summed E-state index contributed by atoms with van der Waals surface area (Å²) >= 11 is 0. The van der Waals surface area contributed by atoms with Gasteiger partial charge in [-0.25, -0.2) is 0 Å². The van der Waals surface area contributed by atoms with Crippen LogP contribution in [-0.4, -0.2) is 25.1 Å². The van der Waals surface area contributed by atoms with Crippen molar-refractivity contribution in [3.8, 4) is 11.1 Å². The molecule has 5 aliphatic rings. The van der Waals surface area contributed by atoms with Crippen molar-refractivity contribution < 1.29 is 0 Å². The Kier molecular flexibility index (Phi) is 7.93. The minimum absolute atomic E-state index is 0.0171. The topological polar surface area (TPSA) is 22.6 Å². The maximum Gasteiger partial charge on any atom is 0.270 e. The molecule has 0 N–H and O–H groups in total. The predicted molar refractivity (Wildman–Crippen MR) is 295 cm³/mol. The lowest BCUT2D eigenvalue weighted by Crippen LogP contribution is -2.66. The molecule has 0 saturated heterocycles. The van der Waals surface area contributed by atoms with Crippen LogP contribution in [0.5, 0.6) is 0 Å². The molecule has 69 heavy (non-hydrogen) atoms. The van der Waals surface area contributed by atoms with E-state index in [1.165, 1.54) is 122 Å². The molecule has 7 heteroatoms. The minimum Gasteiger partial charge on any atom is -0.311 e. The number of hydrogen-bond acceptors (Lipinski definition) is 4. The monoisotopic (exact) mass is 878 g/mol. The van der Waals surface area contributed by atoms with E-state index in [2.05, 4.69) is 231 Å². The third kappa shape index (κ3) is 5.09. The molecule has 9 aromatic carbocycles. The fourth-order valence-electron chi connectivity index (χ4n) is 13.8. The van der Waals surface area contributed by atoms with Crippen molar-refractivity contribution in [3.05, 3.63) is 210 Å². The van der Waals surface area contributed by atoms with Gasteiger partial charge >= 0.3 is 0 Å². The van der Waals surface area contributed by atoms with Gasteiger partial charge in [-0.15, -0.1) is 0 Å². The molecule has 0 fully saturated rings. The minimum atomic E-state index is -0.109. The number of aromatic nitrogens is 1. The molecule has 0 bridgehead atoms. The first-order valence-corrected chi connectivity index (χ1v) is 24.5. The fraction of sp³-hybridized carbons (Fsp3) is 0.0806. The molecule has 6 heterocycles. The van der Waals surface area contributed by atoms with E-state index in [-0.39, 0.29) is 20.1 Å². The van der Waals surface area contributed by atoms with Gasteiger partial charge in [0.05, 0.1) is 16.9 Å². The highest BCUT2D eigenvalue weighted by Gasteiger charge is 2.52. The van der Waals surface area contributed by atoms with Crippen molar-refractivity contribution >= 4 is 132 Å². The van der Waals surface area contributed by atoms with Gasteiger partial charge in [-0.1, -0.05) is 166 Å². The Labute approximate surface area is 404 Å². The zero-order valence-corrected chi connectivity index (χ0v) is 39.3. The normalized spacial score (nSPS) is 14.0. The van der Waals surface area contributed by atoms with Crippen LogP contribution < -0.4 is 64.0 Å². The smallest absolute Gasteiger partial charge is 0.270 e. The van der Waals surface area contributed by atoms with Crippen LogP contribution >= 0.6 is 0 Å². The summed E-state index contributed by atoms with van der Waals surface area (Å²) < 4.78 is 0. The summed E-state index contributed by atoms with van der Waals surface area (Å²) in [6.07, 6.45) is 0. The Balaban J connectivity index is 1.19. The third-order valence-electron chi connectivity index (χ3n) is 16.1. The molecule has 322 valence electrons. The van der Waals surface area contributed by atoms with Gasteiger partial charge in [0.15, 0.2) is 0 Å². The first-order valence-electron chi connectivity index (χ1n) is 24.5. The summed E-state index contributed by atoms with van der Waals surface area (Å²) in [6.45, 7) is 11.3. The Morgan fingerprint density at radius 3 is 1.52 bits per heavy atom. The van der Waals surface area contributed by atoms with Crippen LogP contribution in [0, 0.1) is 34.6 Å². The molecule has 0 saturated carbocycles. The number of anilines is 9. The second-order valence-corrected chi connectivity index (χ2v) is 20.1. The maximum absolute atomic E-state index is 6.37. The number of fused-ring (bicyclic) bond motifs is 14. The first-order chi connectivity index (χ1) is 33.9. The Morgan fingerprint density at radius 1 is 0.348 bits per heavy atom. The quantitative estimate of drug-likeness (QED) is 0.166. The highest BCUT2D eigenvalue weighted by atomic mass is 15.2. The molecule has 0 amide bonds. The summed E-state index contributed by atoms with van der Waals surface area (Å²) in [6, 6.07) is 68.7. The Morgan fingerprint density at radius 2 is 0.870 bits per heavy atom. The van der Waals surface area contributed by atoms with E-state index in [0.717, 1.165) is 28.2 Å². The number of benzene rings is 9. The van der Waals surface area contributed by atoms with E-state index in [9.17, 15) is 0 Å². The molecule has 0 spiro atoms. The molecule has 0 atom stereocenters. The van der Waals surface area contributed by atoms with Gasteiger partial charge in [-0.2, -0.15) is 0 Å². The molecule has 1 aromatic heterocycles. The van der Waals surface area contributed by atoms with Gasteiger partial charge in [0.1, 0.15) is 0 Å². The van der Waals surface area contributed by atoms with Crippen LogP contribution in [0.4, 0.5) is 51.2 Å². The third-order valence-corrected chi connectivity index (χ3v) is 16.1. The van der Waals surface area contributed by atoms with Crippen LogP contribution in [0.15, 0.2) is 182 Å². The van der Waals surface area contributed by atoms with Gasteiger partial charge in [-0.05, 0) is 133 Å². The zero-order chi connectivity index (χ0) is 46.0. The number of aryl methyl sites for hydroxylation is 5. The van der Waals surface area contributed by atoms with Crippen LogP contribution in [0.1, 0.15) is 27.8 Å². The number of nitrogens with zero attached hydrogens (tertiary/aromatic N) is 4. The highest BCUT2D eigenvalue weighted by molar-refractivity contribution is 7.05. The number of pyridine rings is 1. The van der Waals surface area contributed by atoms with Crippen LogP contribution in [0.2, 0.25) is 0 Å². The summed E-state index contributed by atoms with van der Waals surface area (Å²) in [7, 11) is 0. The van der Waals surface area contributed by atoms with Crippen molar-refractivity contribution in [1.82, 2.24) is 4.98 Å². The van der Waals surface area contributed by atoms with E-state index in [0.29, 0.717) is 0 Å². The van der Waals surface area contributed by atoms with Gasteiger partial charge in [0.25, 0.3) is 13.4 Å². The molecule has 5 aliphatic heterocycles. The summed E-state index contributed by atoms with van der Waals surface area (Å²) in [5.41, 5.74) is 32.7. The van der Waals surface area contributed by atoms with Crippen molar-refractivity contribution in [3.63, 3.8) is 0 Å². The van der Waals surface area contributed by atoms with Crippen LogP contribution in [-0.2, 0) is 0 Å². The van der Waals surface area contributed by atoms with E-state index in [4.69, 9.17) is 4.98 Å². The van der Waals surface area contributed by atoms with E-state index in [1.54, 1.807) is 0 Å². The molecule has 4 nitrogen and oxygen atoms in total. The highest BCUT2D eigenvalue weighted by Crippen LogP contribution is 2.49. The van der Waals surface area contributed by atoms with Gasteiger partial charge < -0.3 is 14.7 Å². The summed E-state index contributed by atoms with van der Waals surface area (Å²) in [5.74, 6) is 0. The lowest BCUT2D eigenvalue weighted by Gasteiger charge is -2.46. The van der Waals surface area contributed by atoms with Crippen LogP contribution in [0.25, 0.3) is 22.0 Å². The number of rotatable bonds is 3. The summed E-state index contributed by atoms with van der Waals surface area (Å²) in [4.78, 5) is 14.1. The largest absolute Gasteiger partial charge is 0.311 e. The SMILES string of the molecule is Cc1cc(C)c(B2c3ccccc3N3c4cccc5c4B(c4c(C)cc(C)cc4-5)c4c3c2nc2c3c5c(cc42)N(c2ccccc2)c2ccccc2B5c2ccccc2N3c2ccccc2)c(C)c1. The van der Waals surface area contributed by atoms with Gasteiger partial charge in [0.2, 0.25) is 6.71 Å². The second-order valence-electron chi connectivity index (χ2n) is 20.1. The lowest BCUT2D eigenvalue weighted by molar-refractivity contribution is 1.25. The Hall–Kier alpha value is -8.02. The molecule has 0 radical (unpaired) electrons. The van der Waals surface area contributed by atoms with Crippen molar-refractivity contribution in [1.29, 1.82) is 0 Å². The second kappa shape index (κ2) is 14.0. The van der Waals surface area contributed by atoms with E-state index < -0.39 is 0 Å². The van der Waals surface area contributed by atoms with E-state index >= 15 is 0 Å². The standard InChI is InChI=1S/C62H45B3N4/c1-36-31-38(3)54(39(4)32-36)64-48-26-14-17-29-51(48)69-52-30-18-23-43-44-34-37(2)33-40(5)55(44)65(56(43)52)57-45-35-53-58-60(59(45)66-62(64)61(57)69)68(42-21-10-7-11-22-42)50-28-16-13-25-47(50)63(58)46-24-12-15-27-49(46)67(53)41-19-8-6-9-20-41/h6-35H,1-5H3. The molecular weight excluding hydrogens is 833 g/mol. The average Bonchev–Trinajstić information content (AvgIpc) is 3.70. The zero-order valence-electron chi connectivity index (χ0n) is 39.3. The maximum atomic E-state index is 6.37. The number of hydrogen-bond donors (Lipinski definition) is 0. The molecule has 10 aromatic rings. The Bertz CT molecular complexity index is 3870. The first kappa shape index (κ1) is 39.0. The van der Waals surface area contributed by atoms with Crippen molar-refractivity contribution in [2.45, 2.75) is 34.6 Å². The van der Waals surface area contributed by atoms with Crippen molar-refractivity contribution in [2.24, 2.45) is 0 Å². The van der Waals surface area contributed by atoms with Gasteiger partial charge in [0, 0.05) is 50.8 Å². The fourth-order valence-corrected chi connectivity index (χ4v) is 13.8. The van der Waals surface area contributed by atoms with Gasteiger partial charge in [-0.3, -0.25) is 4.98 Å². The molecule has 15 rings (SSSR count). The molecular formula is C62H45B3N4. The molecule has 0 unspecified atom stereocenters. The van der Waals surface area contributed by atoms with Crippen molar-refractivity contribution in [2.75, 3.05) is 14.7 Å². The van der Waals surface area contributed by atoms with Crippen LogP contribution in [0.3, 0.4) is 0 Å². The predicted octanol–water partition coefficient (Wildman–Crippen LogP) is 8.97. The lowest BCUT2D eigenvalue weighted by atomic mass is 9.31. The van der Waals surface area contributed by atoms with E-state index in [1.807, 2.05) is 0 Å². The molecule has 0 aliphatic carbocycles. The average molecular weight is 879 g/mol.